The summed E-state index contributed by atoms with van der Waals surface area (Å²) >= 11 is 0. The van der Waals surface area contributed by atoms with Crippen molar-refractivity contribution in [1.29, 1.82) is 0 Å². The lowest BCUT2D eigenvalue weighted by molar-refractivity contribution is -0.126. The minimum absolute atomic E-state index is 0.0577. The van der Waals surface area contributed by atoms with Crippen molar-refractivity contribution >= 4 is 17.5 Å². The van der Waals surface area contributed by atoms with Crippen LogP contribution in [0.1, 0.15) is 24.5 Å². The maximum absolute atomic E-state index is 12.4. The van der Waals surface area contributed by atoms with E-state index in [1.54, 1.807) is 4.90 Å². The second kappa shape index (κ2) is 9.56. The zero-order valence-electron chi connectivity index (χ0n) is 16.9. The van der Waals surface area contributed by atoms with E-state index in [0.717, 1.165) is 17.7 Å². The van der Waals surface area contributed by atoms with Gasteiger partial charge in [0.2, 0.25) is 11.8 Å². The highest BCUT2D eigenvalue weighted by Gasteiger charge is 2.35. The van der Waals surface area contributed by atoms with Gasteiger partial charge in [-0.1, -0.05) is 31.2 Å². The molecule has 6 heteroatoms. The van der Waals surface area contributed by atoms with Crippen LogP contribution in [-0.2, 0) is 16.0 Å². The topological polar surface area (TPSA) is 78.9 Å². The van der Waals surface area contributed by atoms with Crippen LogP contribution in [0.3, 0.4) is 0 Å². The molecule has 1 saturated heterocycles. The number of carbonyl (C=O) groups is 2. The number of ether oxygens (including phenoxy) is 1. The van der Waals surface area contributed by atoms with Gasteiger partial charge in [-0.15, -0.1) is 0 Å². The number of nitrogens with one attached hydrogen (secondary N) is 1. The first-order valence-electron chi connectivity index (χ1n) is 10.0. The molecule has 2 atom stereocenters. The molecule has 0 bridgehead atoms. The molecule has 154 valence electrons. The van der Waals surface area contributed by atoms with Crippen molar-refractivity contribution in [2.24, 2.45) is 5.92 Å². The first kappa shape index (κ1) is 20.9. The fourth-order valence-electron chi connectivity index (χ4n) is 3.36. The Kier molecular flexibility index (Phi) is 6.88. The minimum Gasteiger partial charge on any atom is -0.491 e. The number of aliphatic hydroxyl groups is 1. The number of aryl methyl sites for hydroxylation is 2. The molecule has 3 rings (SSSR count). The van der Waals surface area contributed by atoms with Crippen molar-refractivity contribution in [1.82, 2.24) is 5.32 Å². The molecule has 2 aromatic carbocycles. The molecule has 1 aliphatic heterocycles. The van der Waals surface area contributed by atoms with Crippen LogP contribution >= 0.6 is 0 Å². The number of hydrogen-bond donors (Lipinski definition) is 2. The third kappa shape index (κ3) is 5.57. The highest BCUT2D eigenvalue weighted by molar-refractivity contribution is 6.00. The second-order valence-electron chi connectivity index (χ2n) is 7.45. The summed E-state index contributed by atoms with van der Waals surface area (Å²) in [7, 11) is 0. The first-order chi connectivity index (χ1) is 14.0. The molecule has 0 spiro atoms. The Morgan fingerprint density at radius 1 is 1.28 bits per heavy atom. The summed E-state index contributed by atoms with van der Waals surface area (Å²) in [6, 6.07) is 15.4. The Bertz CT molecular complexity index is 850. The molecule has 2 N–H and O–H groups in total. The molecular weight excluding hydrogens is 368 g/mol. The number of hydrogen-bond acceptors (Lipinski definition) is 4. The lowest BCUT2D eigenvalue weighted by Gasteiger charge is -2.18. The standard InChI is InChI=1S/C23H28N2O4/c1-3-17-7-9-19(10-8-17)25-14-18(12-22(25)27)23(28)24-13-20(26)15-29-21-6-4-5-16(2)11-21/h4-11,18,20,26H,3,12-15H2,1-2H3,(H,24,28). The molecular formula is C23H28N2O4. The van der Waals surface area contributed by atoms with Crippen molar-refractivity contribution in [3.05, 3.63) is 59.7 Å². The molecule has 2 unspecified atom stereocenters. The Balaban J connectivity index is 1.46. The van der Waals surface area contributed by atoms with Gasteiger partial charge in [0.15, 0.2) is 0 Å². The van der Waals surface area contributed by atoms with E-state index in [-0.39, 0.29) is 31.4 Å². The van der Waals surface area contributed by atoms with Crippen molar-refractivity contribution in [3.63, 3.8) is 0 Å². The smallest absolute Gasteiger partial charge is 0.227 e. The van der Waals surface area contributed by atoms with Gasteiger partial charge in [0.25, 0.3) is 0 Å². The third-order valence-corrected chi connectivity index (χ3v) is 5.10. The molecule has 0 aromatic heterocycles. The lowest BCUT2D eigenvalue weighted by atomic mass is 10.1. The Morgan fingerprint density at radius 3 is 2.72 bits per heavy atom. The van der Waals surface area contributed by atoms with Gasteiger partial charge < -0.3 is 20.1 Å². The van der Waals surface area contributed by atoms with Gasteiger partial charge in [-0.25, -0.2) is 0 Å². The number of aliphatic hydroxyl groups excluding tert-OH is 1. The summed E-state index contributed by atoms with van der Waals surface area (Å²) in [6.45, 7) is 4.57. The molecule has 0 aliphatic carbocycles. The van der Waals surface area contributed by atoms with Crippen LogP contribution in [-0.4, -0.2) is 42.7 Å². The SMILES string of the molecule is CCc1ccc(N2CC(C(=O)NCC(O)COc3cccc(C)c3)CC2=O)cc1. The van der Waals surface area contributed by atoms with Gasteiger partial charge in [-0.05, 0) is 48.7 Å². The van der Waals surface area contributed by atoms with Crippen LogP contribution in [0.15, 0.2) is 48.5 Å². The largest absolute Gasteiger partial charge is 0.491 e. The molecule has 1 heterocycles. The van der Waals surface area contributed by atoms with E-state index in [0.29, 0.717) is 12.3 Å². The fourth-order valence-corrected chi connectivity index (χ4v) is 3.36. The van der Waals surface area contributed by atoms with Crippen molar-refractivity contribution < 1.29 is 19.4 Å². The first-order valence-corrected chi connectivity index (χ1v) is 10.0. The summed E-state index contributed by atoms with van der Waals surface area (Å²) in [4.78, 5) is 26.4. The monoisotopic (exact) mass is 396 g/mol. The molecule has 6 nitrogen and oxygen atoms in total. The van der Waals surface area contributed by atoms with Crippen molar-refractivity contribution in [2.75, 3.05) is 24.6 Å². The summed E-state index contributed by atoms with van der Waals surface area (Å²) in [5, 5.41) is 12.8. The number of nitrogens with zero attached hydrogens (tertiary/aromatic N) is 1. The summed E-state index contributed by atoms with van der Waals surface area (Å²) < 4.78 is 5.55. The van der Waals surface area contributed by atoms with Gasteiger partial charge in [-0.3, -0.25) is 9.59 Å². The van der Waals surface area contributed by atoms with E-state index in [4.69, 9.17) is 4.74 Å². The molecule has 1 aliphatic rings. The van der Waals surface area contributed by atoms with E-state index >= 15 is 0 Å². The summed E-state index contributed by atoms with van der Waals surface area (Å²) in [5.41, 5.74) is 3.09. The Morgan fingerprint density at radius 2 is 2.03 bits per heavy atom. The van der Waals surface area contributed by atoms with E-state index in [2.05, 4.69) is 12.2 Å². The van der Waals surface area contributed by atoms with Crippen LogP contribution in [0.5, 0.6) is 5.75 Å². The zero-order chi connectivity index (χ0) is 20.8. The number of carbonyl (C=O) groups excluding carboxylic acids is 2. The second-order valence-corrected chi connectivity index (χ2v) is 7.45. The number of rotatable bonds is 8. The third-order valence-electron chi connectivity index (χ3n) is 5.10. The van der Waals surface area contributed by atoms with Gasteiger partial charge in [0.05, 0.1) is 5.92 Å². The predicted molar refractivity (Wildman–Crippen MR) is 112 cm³/mol. The van der Waals surface area contributed by atoms with Crippen LogP contribution in [0.4, 0.5) is 5.69 Å². The van der Waals surface area contributed by atoms with Crippen LogP contribution in [0.25, 0.3) is 0 Å². The maximum Gasteiger partial charge on any atom is 0.227 e. The number of anilines is 1. The van der Waals surface area contributed by atoms with Crippen LogP contribution in [0, 0.1) is 12.8 Å². The van der Waals surface area contributed by atoms with Crippen molar-refractivity contribution in [3.8, 4) is 5.75 Å². The van der Waals surface area contributed by atoms with Gasteiger partial charge in [0, 0.05) is 25.2 Å². The Hall–Kier alpha value is -2.86. The normalized spacial score (nSPS) is 17.3. The van der Waals surface area contributed by atoms with E-state index < -0.39 is 12.0 Å². The average molecular weight is 396 g/mol. The molecule has 2 aromatic rings. The highest BCUT2D eigenvalue weighted by atomic mass is 16.5. The lowest BCUT2D eigenvalue weighted by Crippen LogP contribution is -2.39. The zero-order valence-corrected chi connectivity index (χ0v) is 16.9. The maximum atomic E-state index is 12.4. The molecule has 1 fully saturated rings. The predicted octanol–water partition coefficient (Wildman–Crippen LogP) is 2.47. The molecule has 0 saturated carbocycles. The molecule has 2 amide bonds. The Labute approximate surface area is 171 Å². The van der Waals surface area contributed by atoms with E-state index in [1.165, 1.54) is 5.56 Å². The van der Waals surface area contributed by atoms with Gasteiger partial charge in [-0.2, -0.15) is 0 Å². The van der Waals surface area contributed by atoms with Gasteiger partial charge >= 0.3 is 0 Å². The molecule has 29 heavy (non-hydrogen) atoms. The fraction of sp³-hybridized carbons (Fsp3) is 0.391. The summed E-state index contributed by atoms with van der Waals surface area (Å²) in [6.07, 6.45) is 0.293. The minimum atomic E-state index is -0.825. The average Bonchev–Trinajstić information content (AvgIpc) is 3.12. The van der Waals surface area contributed by atoms with Crippen molar-refractivity contribution in [2.45, 2.75) is 32.8 Å². The number of benzene rings is 2. The summed E-state index contributed by atoms with van der Waals surface area (Å²) in [5.74, 6) is -0.0156. The molecule has 0 radical (unpaired) electrons. The number of amides is 2. The van der Waals surface area contributed by atoms with Gasteiger partial charge in [0.1, 0.15) is 18.5 Å². The van der Waals surface area contributed by atoms with Crippen LogP contribution < -0.4 is 15.0 Å². The van der Waals surface area contributed by atoms with E-state index in [1.807, 2.05) is 55.5 Å². The van der Waals surface area contributed by atoms with Crippen LogP contribution in [0.2, 0.25) is 0 Å². The van der Waals surface area contributed by atoms with E-state index in [9.17, 15) is 14.7 Å². The highest BCUT2D eigenvalue weighted by Crippen LogP contribution is 2.25. The quantitative estimate of drug-likeness (QED) is 0.719.